The molecule has 2 aromatic rings. The molecule has 122 valence electrons. The Morgan fingerprint density at radius 2 is 1.64 bits per heavy atom. The van der Waals surface area contributed by atoms with Crippen LogP contribution in [0, 0.1) is 6.92 Å². The smallest absolute Gasteiger partial charge is 0.0953 e. The molecule has 1 aromatic carbocycles. The zero-order chi connectivity index (χ0) is 16.4. The Bertz CT molecular complexity index is 507. The lowest BCUT2D eigenvalue weighted by molar-refractivity contribution is 0.321. The summed E-state index contributed by atoms with van der Waals surface area (Å²) in [6.45, 7) is 13.6. The first kappa shape index (κ1) is 18.4. The fraction of sp³-hybridized carbons (Fsp3) is 0.500. The molecular formula is C18H30N4. The first-order valence-corrected chi connectivity index (χ1v) is 8.11. The minimum Gasteiger partial charge on any atom is -0.333 e. The summed E-state index contributed by atoms with van der Waals surface area (Å²) in [5, 5.41) is 0. The first-order chi connectivity index (χ1) is 10.6. The molecule has 0 atom stereocenters. The second-order valence-electron chi connectivity index (χ2n) is 5.35. The maximum Gasteiger partial charge on any atom is 0.0953 e. The molecular weight excluding hydrogens is 272 g/mol. The lowest BCUT2D eigenvalue weighted by Crippen LogP contribution is -2.21. The maximum atomic E-state index is 5.50. The number of nitrogens with two attached hydrogens (primary N) is 1. The molecule has 4 heteroatoms. The van der Waals surface area contributed by atoms with Crippen LogP contribution in [0.2, 0.25) is 0 Å². The van der Waals surface area contributed by atoms with Crippen LogP contribution in [0.1, 0.15) is 37.6 Å². The van der Waals surface area contributed by atoms with Gasteiger partial charge in [0.05, 0.1) is 12.0 Å². The van der Waals surface area contributed by atoms with Gasteiger partial charge in [0, 0.05) is 19.3 Å². The second kappa shape index (κ2) is 10.1. The molecule has 0 aliphatic carbocycles. The third-order valence-corrected chi connectivity index (χ3v) is 3.72. The summed E-state index contributed by atoms with van der Waals surface area (Å²) in [5.41, 5.74) is 9.00. The molecule has 4 nitrogen and oxygen atoms in total. The van der Waals surface area contributed by atoms with Gasteiger partial charge in [-0.2, -0.15) is 0 Å². The predicted octanol–water partition coefficient (Wildman–Crippen LogP) is 3.05. The number of aryl methyl sites for hydroxylation is 1. The van der Waals surface area contributed by atoms with Crippen molar-refractivity contribution >= 4 is 0 Å². The summed E-state index contributed by atoms with van der Waals surface area (Å²) in [6, 6.07) is 8.51. The Labute approximate surface area is 135 Å². The molecule has 2 N–H and O–H groups in total. The van der Waals surface area contributed by atoms with Crippen molar-refractivity contribution in [3.8, 4) is 0 Å². The largest absolute Gasteiger partial charge is 0.333 e. The molecule has 0 radical (unpaired) electrons. The summed E-state index contributed by atoms with van der Waals surface area (Å²) in [5.74, 6) is 0. The van der Waals surface area contributed by atoms with E-state index in [1.54, 1.807) is 0 Å². The van der Waals surface area contributed by atoms with E-state index in [4.69, 9.17) is 5.73 Å². The first-order valence-electron chi connectivity index (χ1n) is 8.11. The van der Waals surface area contributed by atoms with Crippen molar-refractivity contribution < 1.29 is 0 Å². The highest BCUT2D eigenvalue weighted by Crippen LogP contribution is 2.06. The third kappa shape index (κ3) is 6.41. The average molecular weight is 302 g/mol. The molecule has 1 aromatic heterocycles. The number of hydrogen-bond acceptors (Lipinski definition) is 3. The Balaban J connectivity index is 0.000000295. The molecule has 0 saturated carbocycles. The van der Waals surface area contributed by atoms with E-state index in [0.717, 1.165) is 12.2 Å². The van der Waals surface area contributed by atoms with Gasteiger partial charge in [-0.1, -0.05) is 50.6 Å². The molecule has 0 fully saturated rings. The molecule has 0 aliphatic rings. The fourth-order valence-electron chi connectivity index (χ4n) is 2.17. The lowest BCUT2D eigenvalue weighted by atomic mass is 10.1. The number of hydrogen-bond donors (Lipinski definition) is 1. The van der Waals surface area contributed by atoms with Gasteiger partial charge in [-0.15, -0.1) is 0 Å². The van der Waals surface area contributed by atoms with Gasteiger partial charge in [-0.3, -0.25) is 0 Å². The molecule has 0 saturated heterocycles. The third-order valence-electron chi connectivity index (χ3n) is 3.72. The van der Waals surface area contributed by atoms with Gasteiger partial charge in [0.25, 0.3) is 0 Å². The van der Waals surface area contributed by atoms with E-state index >= 15 is 0 Å². The van der Waals surface area contributed by atoms with Gasteiger partial charge in [0.2, 0.25) is 0 Å². The molecule has 0 bridgehead atoms. The van der Waals surface area contributed by atoms with Crippen molar-refractivity contribution in [3.63, 3.8) is 0 Å². The van der Waals surface area contributed by atoms with Crippen molar-refractivity contribution in [2.75, 3.05) is 19.6 Å². The van der Waals surface area contributed by atoms with Gasteiger partial charge in [0.15, 0.2) is 0 Å². The van der Waals surface area contributed by atoms with Crippen molar-refractivity contribution in [1.82, 2.24) is 14.5 Å². The summed E-state index contributed by atoms with van der Waals surface area (Å²) in [7, 11) is 0. The van der Waals surface area contributed by atoms with Crippen LogP contribution in [0.3, 0.4) is 0 Å². The topological polar surface area (TPSA) is 47.1 Å². The number of imidazole rings is 1. The van der Waals surface area contributed by atoms with E-state index in [2.05, 4.69) is 61.8 Å². The quantitative estimate of drug-likeness (QED) is 0.892. The Hall–Kier alpha value is -1.65. The standard InChI is InChI=1S/C12H15N3.C6H15N/c1-10-2-4-11(5-3-10)7-15-8-12(6-13)14-9-15;1-4-7(5-2)6-3/h2-5,8-9H,6-7,13H2,1H3;4-6H2,1-3H3. The number of nitrogens with zero attached hydrogens (tertiary/aromatic N) is 3. The molecule has 0 unspecified atom stereocenters. The second-order valence-corrected chi connectivity index (χ2v) is 5.35. The van der Waals surface area contributed by atoms with E-state index < -0.39 is 0 Å². The fourth-order valence-corrected chi connectivity index (χ4v) is 2.17. The van der Waals surface area contributed by atoms with Crippen molar-refractivity contribution in [1.29, 1.82) is 0 Å². The normalized spacial score (nSPS) is 10.5. The van der Waals surface area contributed by atoms with Crippen LogP contribution in [0.5, 0.6) is 0 Å². The zero-order valence-corrected chi connectivity index (χ0v) is 14.4. The minimum absolute atomic E-state index is 0.501. The SMILES string of the molecule is CCN(CC)CC.Cc1ccc(Cn2cnc(CN)c2)cc1. The average Bonchev–Trinajstić information content (AvgIpc) is 3.00. The molecule has 2 rings (SSSR count). The zero-order valence-electron chi connectivity index (χ0n) is 14.4. The Kier molecular flexibility index (Phi) is 8.48. The number of aromatic nitrogens is 2. The van der Waals surface area contributed by atoms with Crippen molar-refractivity contribution in [2.24, 2.45) is 5.73 Å². The van der Waals surface area contributed by atoms with Gasteiger partial charge in [-0.25, -0.2) is 4.98 Å². The molecule has 0 aliphatic heterocycles. The van der Waals surface area contributed by atoms with Crippen LogP contribution in [0.4, 0.5) is 0 Å². The predicted molar refractivity (Wildman–Crippen MR) is 93.9 cm³/mol. The molecule has 22 heavy (non-hydrogen) atoms. The number of benzene rings is 1. The highest BCUT2D eigenvalue weighted by Gasteiger charge is 1.97. The number of rotatable bonds is 6. The summed E-state index contributed by atoms with van der Waals surface area (Å²) >= 11 is 0. The summed E-state index contributed by atoms with van der Waals surface area (Å²) in [6.07, 6.45) is 3.81. The van der Waals surface area contributed by atoms with E-state index in [9.17, 15) is 0 Å². The van der Waals surface area contributed by atoms with Crippen LogP contribution in [-0.2, 0) is 13.1 Å². The van der Waals surface area contributed by atoms with Crippen LogP contribution in [0.25, 0.3) is 0 Å². The van der Waals surface area contributed by atoms with Crippen LogP contribution in [-0.4, -0.2) is 34.1 Å². The molecule has 1 heterocycles. The van der Waals surface area contributed by atoms with E-state index in [0.29, 0.717) is 6.54 Å². The van der Waals surface area contributed by atoms with E-state index in [-0.39, 0.29) is 0 Å². The van der Waals surface area contributed by atoms with Gasteiger partial charge in [0.1, 0.15) is 0 Å². The highest BCUT2D eigenvalue weighted by molar-refractivity contribution is 5.21. The minimum atomic E-state index is 0.501. The van der Waals surface area contributed by atoms with Gasteiger partial charge in [-0.05, 0) is 32.1 Å². The summed E-state index contributed by atoms with van der Waals surface area (Å²) < 4.78 is 2.05. The Morgan fingerprint density at radius 1 is 1.05 bits per heavy atom. The van der Waals surface area contributed by atoms with E-state index in [1.165, 1.54) is 30.8 Å². The monoisotopic (exact) mass is 302 g/mol. The van der Waals surface area contributed by atoms with Gasteiger partial charge >= 0.3 is 0 Å². The van der Waals surface area contributed by atoms with Crippen molar-refractivity contribution in [3.05, 3.63) is 53.6 Å². The lowest BCUT2D eigenvalue weighted by Gasteiger charge is -2.13. The molecule has 0 amide bonds. The summed E-state index contributed by atoms with van der Waals surface area (Å²) in [4.78, 5) is 6.56. The molecule has 0 spiro atoms. The van der Waals surface area contributed by atoms with Crippen LogP contribution >= 0.6 is 0 Å². The van der Waals surface area contributed by atoms with E-state index in [1.807, 2.05) is 17.1 Å². The maximum absolute atomic E-state index is 5.50. The van der Waals surface area contributed by atoms with Crippen LogP contribution in [0.15, 0.2) is 36.8 Å². The van der Waals surface area contributed by atoms with Crippen molar-refractivity contribution in [2.45, 2.75) is 40.8 Å². The van der Waals surface area contributed by atoms with Gasteiger partial charge < -0.3 is 15.2 Å². The van der Waals surface area contributed by atoms with Crippen LogP contribution < -0.4 is 5.73 Å². The highest BCUT2D eigenvalue weighted by atomic mass is 15.1. The Morgan fingerprint density at radius 3 is 2.05 bits per heavy atom.